The Hall–Kier alpha value is -2.69. The van der Waals surface area contributed by atoms with Crippen LogP contribution in [-0.2, 0) is 11.3 Å². The maximum Gasteiger partial charge on any atom is 0.239 e. The van der Waals surface area contributed by atoms with Crippen LogP contribution in [0, 0.1) is 6.92 Å². The van der Waals surface area contributed by atoms with Crippen molar-refractivity contribution in [2.24, 2.45) is 0 Å². The molecule has 1 amide bonds. The molecule has 0 aromatic heterocycles. The van der Waals surface area contributed by atoms with Crippen LogP contribution in [0.1, 0.15) is 11.1 Å². The van der Waals surface area contributed by atoms with Crippen molar-refractivity contribution in [2.75, 3.05) is 18.7 Å². The van der Waals surface area contributed by atoms with Crippen LogP contribution in [0.25, 0.3) is 0 Å². The Bertz CT molecular complexity index is 685. The van der Waals surface area contributed by atoms with Gasteiger partial charge in [-0.15, -0.1) is 0 Å². The summed E-state index contributed by atoms with van der Waals surface area (Å²) in [5.41, 5.74) is 3.13. The summed E-state index contributed by atoms with van der Waals surface area (Å²) < 4.78 is 10.6. The first kappa shape index (κ1) is 14.3. The van der Waals surface area contributed by atoms with E-state index in [2.05, 4.69) is 10.6 Å². The number of hydrogen-bond donors (Lipinski definition) is 2. The third-order valence-corrected chi connectivity index (χ3v) is 3.56. The van der Waals surface area contributed by atoms with Crippen molar-refractivity contribution in [2.45, 2.75) is 13.5 Å². The van der Waals surface area contributed by atoms with Crippen LogP contribution in [0.15, 0.2) is 42.5 Å². The lowest BCUT2D eigenvalue weighted by atomic mass is 10.1. The molecule has 2 N–H and O–H groups in total. The third kappa shape index (κ3) is 3.31. The zero-order chi connectivity index (χ0) is 15.4. The molecule has 0 saturated heterocycles. The number of carbonyl (C=O) groups is 1. The summed E-state index contributed by atoms with van der Waals surface area (Å²) in [7, 11) is 0. The number of hydrogen-bond acceptors (Lipinski definition) is 4. The zero-order valence-corrected chi connectivity index (χ0v) is 12.4. The summed E-state index contributed by atoms with van der Waals surface area (Å²) in [5.74, 6) is 1.38. The van der Waals surface area contributed by atoms with E-state index in [0.29, 0.717) is 12.3 Å². The summed E-state index contributed by atoms with van der Waals surface area (Å²) in [4.78, 5) is 11.9. The van der Waals surface area contributed by atoms with E-state index < -0.39 is 0 Å². The Balaban J connectivity index is 1.49. The van der Waals surface area contributed by atoms with E-state index in [-0.39, 0.29) is 19.2 Å². The van der Waals surface area contributed by atoms with E-state index in [9.17, 15) is 4.79 Å². The Morgan fingerprint density at radius 3 is 2.82 bits per heavy atom. The summed E-state index contributed by atoms with van der Waals surface area (Å²) in [6.45, 7) is 3.03. The van der Waals surface area contributed by atoms with Crippen molar-refractivity contribution >= 4 is 11.6 Å². The quantitative estimate of drug-likeness (QED) is 0.890. The van der Waals surface area contributed by atoms with Crippen LogP contribution in [0.3, 0.4) is 0 Å². The molecule has 1 aliphatic rings. The Morgan fingerprint density at radius 1 is 1.14 bits per heavy atom. The molecule has 0 radical (unpaired) electrons. The SMILES string of the molecule is Cc1ccccc1CNC(=O)CNc1ccc2c(c1)OCO2. The van der Waals surface area contributed by atoms with Gasteiger partial charge in [0.2, 0.25) is 12.7 Å². The highest BCUT2D eigenvalue weighted by Gasteiger charge is 2.13. The Labute approximate surface area is 129 Å². The van der Waals surface area contributed by atoms with Crippen LogP contribution < -0.4 is 20.1 Å². The molecule has 2 aromatic rings. The molecule has 0 atom stereocenters. The number of benzene rings is 2. The smallest absolute Gasteiger partial charge is 0.239 e. The normalized spacial score (nSPS) is 12.0. The highest BCUT2D eigenvalue weighted by molar-refractivity contribution is 5.80. The number of ether oxygens (including phenoxy) is 2. The molecule has 22 heavy (non-hydrogen) atoms. The van der Waals surface area contributed by atoms with Crippen LogP contribution >= 0.6 is 0 Å². The summed E-state index contributed by atoms with van der Waals surface area (Å²) in [5, 5.41) is 5.98. The largest absolute Gasteiger partial charge is 0.454 e. The van der Waals surface area contributed by atoms with Gasteiger partial charge in [-0.3, -0.25) is 4.79 Å². The van der Waals surface area contributed by atoms with Gasteiger partial charge in [-0.2, -0.15) is 0 Å². The molecule has 114 valence electrons. The molecule has 1 aliphatic heterocycles. The fraction of sp³-hybridized carbons (Fsp3) is 0.235. The number of aryl methyl sites for hydroxylation is 1. The molecule has 0 fully saturated rings. The first-order valence-electron chi connectivity index (χ1n) is 7.17. The number of carbonyl (C=O) groups excluding carboxylic acids is 1. The summed E-state index contributed by atoms with van der Waals surface area (Å²) in [6.07, 6.45) is 0. The van der Waals surface area contributed by atoms with E-state index in [1.54, 1.807) is 0 Å². The van der Waals surface area contributed by atoms with E-state index >= 15 is 0 Å². The van der Waals surface area contributed by atoms with Crippen molar-refractivity contribution in [1.29, 1.82) is 0 Å². The molecule has 0 aliphatic carbocycles. The van der Waals surface area contributed by atoms with Gasteiger partial charge in [0.05, 0.1) is 6.54 Å². The van der Waals surface area contributed by atoms with Gasteiger partial charge in [0.15, 0.2) is 11.5 Å². The van der Waals surface area contributed by atoms with E-state index in [1.165, 1.54) is 5.56 Å². The van der Waals surface area contributed by atoms with Gasteiger partial charge in [0.25, 0.3) is 0 Å². The van der Waals surface area contributed by atoms with Gasteiger partial charge in [-0.1, -0.05) is 24.3 Å². The van der Waals surface area contributed by atoms with Crippen LogP contribution in [0.5, 0.6) is 11.5 Å². The van der Waals surface area contributed by atoms with Gasteiger partial charge in [0, 0.05) is 18.3 Å². The van der Waals surface area contributed by atoms with Crippen LogP contribution in [-0.4, -0.2) is 19.2 Å². The lowest BCUT2D eigenvalue weighted by Gasteiger charge is -2.10. The summed E-state index contributed by atoms with van der Waals surface area (Å²) in [6, 6.07) is 13.5. The van der Waals surface area contributed by atoms with Gasteiger partial charge in [-0.05, 0) is 30.2 Å². The van der Waals surface area contributed by atoms with E-state index in [0.717, 1.165) is 17.0 Å². The van der Waals surface area contributed by atoms with Gasteiger partial charge < -0.3 is 20.1 Å². The first-order valence-corrected chi connectivity index (χ1v) is 7.17. The van der Waals surface area contributed by atoms with Crippen molar-refractivity contribution in [3.63, 3.8) is 0 Å². The lowest BCUT2D eigenvalue weighted by molar-refractivity contribution is -0.119. The number of anilines is 1. The minimum atomic E-state index is -0.0547. The number of fused-ring (bicyclic) bond motifs is 1. The third-order valence-electron chi connectivity index (χ3n) is 3.56. The fourth-order valence-corrected chi connectivity index (χ4v) is 2.25. The minimum absolute atomic E-state index is 0.0547. The lowest BCUT2D eigenvalue weighted by Crippen LogP contribution is -2.29. The van der Waals surface area contributed by atoms with E-state index in [4.69, 9.17) is 9.47 Å². The predicted octanol–water partition coefficient (Wildman–Crippen LogP) is 2.45. The Morgan fingerprint density at radius 2 is 1.95 bits per heavy atom. The molecule has 3 rings (SSSR count). The molecule has 0 bridgehead atoms. The van der Waals surface area contributed by atoms with Crippen molar-refractivity contribution in [3.05, 3.63) is 53.6 Å². The molecule has 2 aromatic carbocycles. The van der Waals surface area contributed by atoms with E-state index in [1.807, 2.05) is 49.4 Å². The van der Waals surface area contributed by atoms with Crippen molar-refractivity contribution in [3.8, 4) is 11.5 Å². The zero-order valence-electron chi connectivity index (χ0n) is 12.4. The molecular formula is C17H18N2O3. The predicted molar refractivity (Wildman–Crippen MR) is 84.1 cm³/mol. The average Bonchev–Trinajstić information content (AvgIpc) is 2.99. The Kier molecular flexibility index (Phi) is 4.14. The van der Waals surface area contributed by atoms with Gasteiger partial charge in [-0.25, -0.2) is 0 Å². The molecule has 0 saturated carbocycles. The number of amides is 1. The first-order chi connectivity index (χ1) is 10.7. The van der Waals surface area contributed by atoms with Gasteiger partial charge in [0.1, 0.15) is 0 Å². The number of rotatable bonds is 5. The molecule has 0 unspecified atom stereocenters. The standard InChI is InChI=1S/C17H18N2O3/c1-12-4-2-3-5-13(12)9-19-17(20)10-18-14-6-7-15-16(8-14)22-11-21-15/h2-8,18H,9-11H2,1H3,(H,19,20). The van der Waals surface area contributed by atoms with Crippen LogP contribution in [0.2, 0.25) is 0 Å². The summed E-state index contributed by atoms with van der Waals surface area (Å²) >= 11 is 0. The second-order valence-corrected chi connectivity index (χ2v) is 5.12. The highest BCUT2D eigenvalue weighted by Crippen LogP contribution is 2.34. The van der Waals surface area contributed by atoms with Gasteiger partial charge >= 0.3 is 0 Å². The van der Waals surface area contributed by atoms with Crippen LogP contribution in [0.4, 0.5) is 5.69 Å². The topological polar surface area (TPSA) is 59.6 Å². The molecule has 0 spiro atoms. The molecule has 5 heteroatoms. The second-order valence-electron chi connectivity index (χ2n) is 5.12. The molecule has 5 nitrogen and oxygen atoms in total. The highest BCUT2D eigenvalue weighted by atomic mass is 16.7. The number of nitrogens with one attached hydrogen (secondary N) is 2. The monoisotopic (exact) mass is 298 g/mol. The maximum atomic E-state index is 11.9. The maximum absolute atomic E-state index is 11.9. The molecule has 1 heterocycles. The average molecular weight is 298 g/mol. The second kappa shape index (κ2) is 6.39. The molecular weight excluding hydrogens is 280 g/mol. The minimum Gasteiger partial charge on any atom is -0.454 e. The van der Waals surface area contributed by atoms with Crippen molar-refractivity contribution in [1.82, 2.24) is 5.32 Å². The van der Waals surface area contributed by atoms with Crippen molar-refractivity contribution < 1.29 is 14.3 Å². The fourth-order valence-electron chi connectivity index (χ4n) is 2.25.